The molecule has 0 radical (unpaired) electrons. The minimum Gasteiger partial charge on any atom is -0.479 e. The molecule has 0 saturated carbocycles. The Morgan fingerprint density at radius 2 is 1.34 bits per heavy atom. The number of aliphatic hydroxyl groups is 3. The summed E-state index contributed by atoms with van der Waals surface area (Å²) in [7, 11) is 0. The molecule has 5 atom stereocenters. The van der Waals surface area contributed by atoms with Crippen LogP contribution in [-0.4, -0.2) is 62.9 Å². The number of aliphatic carboxylic acids is 1. The van der Waals surface area contributed by atoms with Crippen molar-refractivity contribution in [2.24, 2.45) is 0 Å². The van der Waals surface area contributed by atoms with E-state index >= 15 is 0 Å². The molecule has 1 amide bonds. The number of hydrogen-bond donors (Lipinski definition) is 6. The third-order valence-corrected chi connectivity index (χ3v) is 4.59. The number of amides is 1. The average molecular weight is 402 g/mol. The van der Waals surface area contributed by atoms with Crippen LogP contribution < -0.4 is 10.6 Å². The van der Waals surface area contributed by atoms with Gasteiger partial charge in [-0.2, -0.15) is 0 Å². The van der Waals surface area contributed by atoms with Gasteiger partial charge in [-0.1, -0.05) is 24.3 Å². The zero-order chi connectivity index (χ0) is 21.1. The van der Waals surface area contributed by atoms with Gasteiger partial charge < -0.3 is 35.8 Å². The van der Waals surface area contributed by atoms with Crippen LogP contribution >= 0.6 is 0 Å². The monoisotopic (exact) mass is 402 g/mol. The van der Waals surface area contributed by atoms with Crippen LogP contribution in [0.5, 0.6) is 0 Å². The summed E-state index contributed by atoms with van der Waals surface area (Å²) in [6.45, 7) is 1.44. The van der Waals surface area contributed by atoms with E-state index in [2.05, 4.69) is 10.6 Å². The van der Waals surface area contributed by atoms with Gasteiger partial charge in [0.15, 0.2) is 12.3 Å². The first-order valence-electron chi connectivity index (χ1n) is 8.93. The molecule has 29 heavy (non-hydrogen) atoms. The Kier molecular flexibility index (Phi) is 6.14. The molecule has 1 heterocycles. The molecule has 2 aromatic rings. The molecule has 1 aliphatic heterocycles. The Morgan fingerprint density at radius 3 is 1.83 bits per heavy atom. The number of carbonyl (C=O) groups is 2. The maximum Gasteiger partial charge on any atom is 0.335 e. The fourth-order valence-corrected chi connectivity index (χ4v) is 3.08. The van der Waals surface area contributed by atoms with Gasteiger partial charge in [-0.05, 0) is 35.4 Å². The third-order valence-electron chi connectivity index (χ3n) is 4.59. The number of anilines is 2. The van der Waals surface area contributed by atoms with E-state index in [1.165, 1.54) is 6.92 Å². The maximum absolute atomic E-state index is 11.2. The van der Waals surface area contributed by atoms with Gasteiger partial charge >= 0.3 is 5.97 Å². The highest BCUT2D eigenvalue weighted by atomic mass is 16.6. The molecule has 9 nitrogen and oxygen atoms in total. The molecule has 0 bridgehead atoms. The molecule has 9 heteroatoms. The fraction of sp³-hybridized carbons (Fsp3) is 0.300. The van der Waals surface area contributed by atoms with E-state index in [9.17, 15) is 24.9 Å². The number of nitrogens with one attached hydrogen (secondary N) is 2. The van der Waals surface area contributed by atoms with Gasteiger partial charge in [0.1, 0.15) is 18.3 Å². The topological polar surface area (TPSA) is 148 Å². The number of benzene rings is 2. The Balaban J connectivity index is 1.70. The van der Waals surface area contributed by atoms with Crippen molar-refractivity contribution in [3.63, 3.8) is 0 Å². The van der Waals surface area contributed by atoms with Gasteiger partial charge in [-0.25, -0.2) is 4.79 Å². The van der Waals surface area contributed by atoms with Crippen molar-refractivity contribution >= 4 is 23.3 Å². The lowest BCUT2D eigenvalue weighted by Gasteiger charge is -2.39. The van der Waals surface area contributed by atoms with Crippen molar-refractivity contribution in [3.05, 3.63) is 48.5 Å². The molecular weight excluding hydrogens is 380 g/mol. The molecule has 5 unspecified atom stereocenters. The van der Waals surface area contributed by atoms with Crippen LogP contribution in [-0.2, 0) is 14.3 Å². The van der Waals surface area contributed by atoms with Crippen LogP contribution in [0, 0.1) is 0 Å². The minimum absolute atomic E-state index is 0.150. The zero-order valence-corrected chi connectivity index (χ0v) is 15.5. The molecule has 2 aromatic carbocycles. The van der Waals surface area contributed by atoms with Crippen LogP contribution in [0.25, 0.3) is 11.1 Å². The van der Waals surface area contributed by atoms with Crippen molar-refractivity contribution in [3.8, 4) is 11.1 Å². The average Bonchev–Trinajstić information content (AvgIpc) is 2.69. The summed E-state index contributed by atoms with van der Waals surface area (Å²) in [4.78, 5) is 22.3. The van der Waals surface area contributed by atoms with Gasteiger partial charge in [0.05, 0.1) is 0 Å². The first kappa shape index (κ1) is 20.7. The molecule has 1 aliphatic rings. The highest BCUT2D eigenvalue weighted by Gasteiger charge is 2.46. The summed E-state index contributed by atoms with van der Waals surface area (Å²) in [5.41, 5.74) is 3.04. The lowest BCUT2D eigenvalue weighted by Crippen LogP contribution is -2.61. The molecule has 0 spiro atoms. The normalized spacial score (nSPS) is 26.6. The SMILES string of the molecule is CC(=O)Nc1ccc(-c2ccc(NC3OC(C(=O)O)C(O)C(O)C3O)cc2)cc1. The second kappa shape index (κ2) is 8.58. The highest BCUT2D eigenvalue weighted by molar-refractivity contribution is 5.89. The highest BCUT2D eigenvalue weighted by Crippen LogP contribution is 2.26. The second-order valence-corrected chi connectivity index (χ2v) is 6.77. The lowest BCUT2D eigenvalue weighted by molar-refractivity contribution is -0.221. The van der Waals surface area contributed by atoms with E-state index < -0.39 is 36.6 Å². The van der Waals surface area contributed by atoms with Crippen molar-refractivity contribution in [1.82, 2.24) is 0 Å². The second-order valence-electron chi connectivity index (χ2n) is 6.77. The lowest BCUT2D eigenvalue weighted by atomic mass is 9.98. The summed E-state index contributed by atoms with van der Waals surface area (Å²) in [5, 5.41) is 44.3. The molecule has 0 aromatic heterocycles. The van der Waals surface area contributed by atoms with Gasteiger partial charge in [-0.3, -0.25) is 4.79 Å². The summed E-state index contributed by atoms with van der Waals surface area (Å²) < 4.78 is 5.20. The van der Waals surface area contributed by atoms with Crippen molar-refractivity contribution in [1.29, 1.82) is 0 Å². The predicted octanol–water partition coefficient (Wildman–Crippen LogP) is 0.616. The molecular formula is C20H22N2O7. The molecule has 0 aliphatic carbocycles. The Bertz CT molecular complexity index is 869. The first-order chi connectivity index (χ1) is 13.8. The fourth-order valence-electron chi connectivity index (χ4n) is 3.08. The number of aliphatic hydroxyl groups excluding tert-OH is 3. The van der Waals surface area contributed by atoms with Crippen LogP contribution in [0.3, 0.4) is 0 Å². The largest absolute Gasteiger partial charge is 0.479 e. The predicted molar refractivity (Wildman–Crippen MR) is 104 cm³/mol. The van der Waals surface area contributed by atoms with Crippen LogP contribution in [0.15, 0.2) is 48.5 Å². The summed E-state index contributed by atoms with van der Waals surface area (Å²) >= 11 is 0. The van der Waals surface area contributed by atoms with Crippen molar-refractivity contribution in [2.45, 2.75) is 37.6 Å². The smallest absolute Gasteiger partial charge is 0.335 e. The number of hydrogen-bond acceptors (Lipinski definition) is 7. The Morgan fingerprint density at radius 1 is 0.828 bits per heavy atom. The molecule has 3 rings (SSSR count). The van der Waals surface area contributed by atoms with E-state index in [0.29, 0.717) is 11.4 Å². The Hall–Kier alpha value is -2.98. The summed E-state index contributed by atoms with van der Waals surface area (Å²) in [5.74, 6) is -1.59. The number of rotatable bonds is 5. The standard InChI is InChI=1S/C20H22N2O7/c1-10(23)21-13-6-2-11(3-7-13)12-4-8-14(9-5-12)22-19-17(26)15(24)16(25)18(29-19)20(27)28/h2-9,15-19,22,24-26H,1H3,(H,21,23)(H,27,28). The van der Waals surface area contributed by atoms with Crippen LogP contribution in [0.4, 0.5) is 11.4 Å². The van der Waals surface area contributed by atoms with E-state index in [-0.39, 0.29) is 5.91 Å². The van der Waals surface area contributed by atoms with Gasteiger partial charge in [0.2, 0.25) is 5.91 Å². The summed E-state index contributed by atoms with van der Waals surface area (Å²) in [6, 6.07) is 14.3. The van der Waals surface area contributed by atoms with Gasteiger partial charge in [-0.15, -0.1) is 0 Å². The number of ether oxygens (including phenoxy) is 1. The molecule has 6 N–H and O–H groups in total. The Labute approximate surface area is 166 Å². The van der Waals surface area contributed by atoms with E-state index in [1.54, 1.807) is 24.3 Å². The van der Waals surface area contributed by atoms with Gasteiger partial charge in [0, 0.05) is 18.3 Å². The third kappa shape index (κ3) is 4.72. The van der Waals surface area contributed by atoms with Crippen molar-refractivity contribution in [2.75, 3.05) is 10.6 Å². The number of carbonyl (C=O) groups excluding carboxylic acids is 1. The quantitative estimate of drug-likeness (QED) is 0.426. The zero-order valence-electron chi connectivity index (χ0n) is 15.5. The summed E-state index contributed by atoms with van der Waals surface area (Å²) in [6.07, 6.45) is -7.78. The maximum atomic E-state index is 11.2. The first-order valence-corrected chi connectivity index (χ1v) is 8.93. The molecule has 154 valence electrons. The van der Waals surface area contributed by atoms with Crippen LogP contribution in [0.1, 0.15) is 6.92 Å². The number of carboxylic acids is 1. The molecule has 1 saturated heterocycles. The van der Waals surface area contributed by atoms with E-state index in [1.807, 2.05) is 24.3 Å². The van der Waals surface area contributed by atoms with E-state index in [0.717, 1.165) is 11.1 Å². The number of carboxylic acid groups (broad SMARTS) is 1. The van der Waals surface area contributed by atoms with E-state index in [4.69, 9.17) is 9.84 Å². The van der Waals surface area contributed by atoms with Gasteiger partial charge in [0.25, 0.3) is 0 Å². The minimum atomic E-state index is -1.73. The van der Waals surface area contributed by atoms with Crippen molar-refractivity contribution < 1.29 is 34.8 Å². The van der Waals surface area contributed by atoms with Crippen LogP contribution in [0.2, 0.25) is 0 Å². The molecule has 1 fully saturated rings.